The van der Waals surface area contributed by atoms with Crippen LogP contribution in [0.2, 0.25) is 0 Å². The highest BCUT2D eigenvalue weighted by molar-refractivity contribution is 5.72. The molecular weight excluding hydrogens is 206 g/mol. The van der Waals surface area contributed by atoms with Gasteiger partial charge in [0.05, 0.1) is 26.2 Å². The Morgan fingerprint density at radius 2 is 2.19 bits per heavy atom. The molecule has 1 fully saturated rings. The minimum Gasteiger partial charge on any atom is -0.469 e. The fraction of sp³-hybridized carbons (Fsp3) is 0.750. The molecular formula is C12H19NO3. The third-order valence-corrected chi connectivity index (χ3v) is 3.35. The van der Waals surface area contributed by atoms with Crippen molar-refractivity contribution in [3.05, 3.63) is 12.2 Å². The SMILES string of the molecule is COC(=O)[C@H]1CC=C[C@@H](N2CCOCC2)C1. The van der Waals surface area contributed by atoms with Gasteiger partial charge in [-0.25, -0.2) is 0 Å². The van der Waals surface area contributed by atoms with Crippen molar-refractivity contribution in [3.8, 4) is 0 Å². The molecule has 0 aromatic rings. The highest BCUT2D eigenvalue weighted by atomic mass is 16.5. The Kier molecular flexibility index (Phi) is 3.96. The number of hydrogen-bond acceptors (Lipinski definition) is 4. The lowest BCUT2D eigenvalue weighted by molar-refractivity contribution is -0.146. The first-order valence-corrected chi connectivity index (χ1v) is 5.87. The van der Waals surface area contributed by atoms with Gasteiger partial charge < -0.3 is 9.47 Å². The van der Waals surface area contributed by atoms with Gasteiger partial charge in [0.25, 0.3) is 0 Å². The highest BCUT2D eigenvalue weighted by Crippen LogP contribution is 2.24. The van der Waals surface area contributed by atoms with Gasteiger partial charge in [-0.05, 0) is 12.8 Å². The third-order valence-electron chi connectivity index (χ3n) is 3.35. The summed E-state index contributed by atoms with van der Waals surface area (Å²) in [7, 11) is 1.46. The van der Waals surface area contributed by atoms with Crippen LogP contribution in [-0.2, 0) is 14.3 Å². The molecule has 1 aliphatic carbocycles. The number of morpholine rings is 1. The zero-order chi connectivity index (χ0) is 11.4. The van der Waals surface area contributed by atoms with E-state index in [2.05, 4.69) is 17.1 Å². The molecule has 16 heavy (non-hydrogen) atoms. The summed E-state index contributed by atoms with van der Waals surface area (Å²) in [6.45, 7) is 3.52. The number of rotatable bonds is 2. The van der Waals surface area contributed by atoms with Gasteiger partial charge in [0.1, 0.15) is 0 Å². The number of nitrogens with zero attached hydrogens (tertiary/aromatic N) is 1. The molecule has 4 heteroatoms. The predicted molar refractivity (Wildman–Crippen MR) is 60.1 cm³/mol. The van der Waals surface area contributed by atoms with Gasteiger partial charge in [0.2, 0.25) is 0 Å². The van der Waals surface area contributed by atoms with Crippen LogP contribution >= 0.6 is 0 Å². The van der Waals surface area contributed by atoms with Gasteiger partial charge in [-0.3, -0.25) is 9.69 Å². The molecule has 0 aromatic heterocycles. The number of allylic oxidation sites excluding steroid dienone is 1. The van der Waals surface area contributed by atoms with Crippen LogP contribution in [0.25, 0.3) is 0 Å². The zero-order valence-corrected chi connectivity index (χ0v) is 9.72. The average Bonchev–Trinajstić information content (AvgIpc) is 2.39. The van der Waals surface area contributed by atoms with Crippen molar-refractivity contribution >= 4 is 5.97 Å². The summed E-state index contributed by atoms with van der Waals surface area (Å²) in [5.41, 5.74) is 0. The summed E-state index contributed by atoms with van der Waals surface area (Å²) in [6, 6.07) is 0.377. The Labute approximate surface area is 96.2 Å². The fourth-order valence-electron chi connectivity index (χ4n) is 2.41. The van der Waals surface area contributed by atoms with E-state index in [9.17, 15) is 4.79 Å². The normalized spacial score (nSPS) is 31.3. The minimum absolute atomic E-state index is 0.0304. The van der Waals surface area contributed by atoms with Crippen LogP contribution in [0.3, 0.4) is 0 Å². The Morgan fingerprint density at radius 3 is 2.88 bits per heavy atom. The predicted octanol–water partition coefficient (Wildman–Crippen LogP) is 0.826. The summed E-state index contributed by atoms with van der Waals surface area (Å²) < 4.78 is 10.1. The van der Waals surface area contributed by atoms with Crippen molar-refractivity contribution in [2.45, 2.75) is 18.9 Å². The summed E-state index contributed by atoms with van der Waals surface area (Å²) in [6.07, 6.45) is 6.01. The Balaban J connectivity index is 1.93. The van der Waals surface area contributed by atoms with Crippen molar-refractivity contribution in [2.75, 3.05) is 33.4 Å². The zero-order valence-electron chi connectivity index (χ0n) is 9.72. The number of methoxy groups -OCH3 is 1. The lowest BCUT2D eigenvalue weighted by Gasteiger charge is -2.35. The fourth-order valence-corrected chi connectivity index (χ4v) is 2.41. The average molecular weight is 225 g/mol. The van der Waals surface area contributed by atoms with E-state index in [1.165, 1.54) is 7.11 Å². The molecule has 4 nitrogen and oxygen atoms in total. The van der Waals surface area contributed by atoms with Crippen LogP contribution in [0, 0.1) is 5.92 Å². The Bertz CT molecular complexity index is 271. The second kappa shape index (κ2) is 5.46. The van der Waals surface area contributed by atoms with Gasteiger partial charge in [-0.15, -0.1) is 0 Å². The second-order valence-electron chi connectivity index (χ2n) is 4.34. The van der Waals surface area contributed by atoms with E-state index in [0.29, 0.717) is 6.04 Å². The number of carbonyl (C=O) groups excluding carboxylic acids is 1. The quantitative estimate of drug-likeness (QED) is 0.515. The maximum absolute atomic E-state index is 11.5. The molecule has 90 valence electrons. The van der Waals surface area contributed by atoms with Crippen LogP contribution in [0.15, 0.2) is 12.2 Å². The molecule has 0 spiro atoms. The molecule has 1 aliphatic heterocycles. The molecule has 0 aromatic carbocycles. The molecule has 1 heterocycles. The van der Waals surface area contributed by atoms with Crippen LogP contribution in [-0.4, -0.2) is 50.3 Å². The largest absolute Gasteiger partial charge is 0.469 e. The molecule has 2 aliphatic rings. The van der Waals surface area contributed by atoms with Crippen molar-refractivity contribution in [1.82, 2.24) is 4.90 Å². The van der Waals surface area contributed by atoms with E-state index in [0.717, 1.165) is 39.1 Å². The molecule has 0 saturated carbocycles. The molecule has 2 atom stereocenters. The van der Waals surface area contributed by atoms with Crippen LogP contribution in [0.1, 0.15) is 12.8 Å². The van der Waals surface area contributed by atoms with Gasteiger partial charge in [0.15, 0.2) is 0 Å². The van der Waals surface area contributed by atoms with E-state index >= 15 is 0 Å². The first-order valence-electron chi connectivity index (χ1n) is 5.87. The van der Waals surface area contributed by atoms with Crippen molar-refractivity contribution < 1.29 is 14.3 Å². The molecule has 0 N–H and O–H groups in total. The second-order valence-corrected chi connectivity index (χ2v) is 4.34. The maximum Gasteiger partial charge on any atom is 0.309 e. The molecule has 0 unspecified atom stereocenters. The molecule has 2 rings (SSSR count). The summed E-state index contributed by atoms with van der Waals surface area (Å²) in [5, 5.41) is 0. The van der Waals surface area contributed by atoms with E-state index in [1.54, 1.807) is 0 Å². The number of ether oxygens (including phenoxy) is 2. The standard InChI is InChI=1S/C12H19NO3/c1-15-12(14)10-3-2-4-11(9-10)13-5-7-16-8-6-13/h2,4,10-11H,3,5-9H2,1H3/t10-,11+/m0/s1. The van der Waals surface area contributed by atoms with Crippen LogP contribution < -0.4 is 0 Å². The van der Waals surface area contributed by atoms with E-state index < -0.39 is 0 Å². The molecule has 0 bridgehead atoms. The number of hydrogen-bond donors (Lipinski definition) is 0. The summed E-state index contributed by atoms with van der Waals surface area (Å²) in [4.78, 5) is 13.9. The maximum atomic E-state index is 11.5. The smallest absolute Gasteiger partial charge is 0.309 e. The molecule has 1 saturated heterocycles. The van der Waals surface area contributed by atoms with Gasteiger partial charge in [-0.2, -0.15) is 0 Å². The van der Waals surface area contributed by atoms with E-state index in [1.807, 2.05) is 0 Å². The lowest BCUT2D eigenvalue weighted by atomic mass is 9.90. The number of carbonyl (C=O) groups is 1. The van der Waals surface area contributed by atoms with E-state index in [4.69, 9.17) is 9.47 Å². The monoisotopic (exact) mass is 225 g/mol. The summed E-state index contributed by atoms with van der Waals surface area (Å²) in [5.74, 6) is -0.0505. The van der Waals surface area contributed by atoms with Crippen LogP contribution in [0.5, 0.6) is 0 Å². The van der Waals surface area contributed by atoms with Gasteiger partial charge in [-0.1, -0.05) is 12.2 Å². The topological polar surface area (TPSA) is 38.8 Å². The van der Waals surface area contributed by atoms with Crippen molar-refractivity contribution in [2.24, 2.45) is 5.92 Å². The third kappa shape index (κ3) is 2.62. The first kappa shape index (κ1) is 11.6. The molecule has 0 amide bonds. The van der Waals surface area contributed by atoms with E-state index in [-0.39, 0.29) is 11.9 Å². The highest BCUT2D eigenvalue weighted by Gasteiger charge is 2.28. The first-order chi connectivity index (χ1) is 7.81. The Morgan fingerprint density at radius 1 is 1.44 bits per heavy atom. The van der Waals surface area contributed by atoms with Crippen molar-refractivity contribution in [1.29, 1.82) is 0 Å². The van der Waals surface area contributed by atoms with Gasteiger partial charge >= 0.3 is 5.97 Å². The number of esters is 1. The molecule has 0 radical (unpaired) electrons. The Hall–Kier alpha value is -0.870. The summed E-state index contributed by atoms with van der Waals surface area (Å²) >= 11 is 0. The van der Waals surface area contributed by atoms with Crippen molar-refractivity contribution in [3.63, 3.8) is 0 Å². The lowest BCUT2D eigenvalue weighted by Crippen LogP contribution is -2.44. The van der Waals surface area contributed by atoms with Gasteiger partial charge in [0, 0.05) is 19.1 Å². The van der Waals surface area contributed by atoms with Crippen LogP contribution in [0.4, 0.5) is 0 Å². The minimum atomic E-state index is -0.0809.